The molecule has 1 aliphatic heterocycles. The molecule has 0 amide bonds. The van der Waals surface area contributed by atoms with Crippen molar-refractivity contribution in [1.29, 1.82) is 0 Å². The SMILES string of the molecule is O=[N+]([O-])c1ccc([C@H]2Nc3ccc(-c4ccccc4)cc3C3C=CCC32)cc1. The summed E-state index contributed by atoms with van der Waals surface area (Å²) >= 11 is 0. The molecule has 0 aromatic heterocycles. The fourth-order valence-corrected chi connectivity index (χ4v) is 4.54. The number of fused-ring (bicyclic) bond motifs is 3. The van der Waals surface area contributed by atoms with Crippen LogP contribution in [0.4, 0.5) is 11.4 Å². The van der Waals surface area contributed by atoms with E-state index in [1.54, 1.807) is 12.1 Å². The molecule has 2 aliphatic rings. The summed E-state index contributed by atoms with van der Waals surface area (Å²) in [7, 11) is 0. The summed E-state index contributed by atoms with van der Waals surface area (Å²) in [6.45, 7) is 0. The van der Waals surface area contributed by atoms with E-state index in [0.717, 1.165) is 17.7 Å². The molecule has 0 saturated heterocycles. The van der Waals surface area contributed by atoms with E-state index in [-0.39, 0.29) is 16.7 Å². The third-order valence-electron chi connectivity index (χ3n) is 5.93. The van der Waals surface area contributed by atoms with Gasteiger partial charge in [-0.25, -0.2) is 0 Å². The van der Waals surface area contributed by atoms with E-state index in [1.165, 1.54) is 16.7 Å². The maximum absolute atomic E-state index is 11.0. The van der Waals surface area contributed by atoms with Gasteiger partial charge in [-0.05, 0) is 46.7 Å². The molecule has 4 nitrogen and oxygen atoms in total. The zero-order valence-electron chi connectivity index (χ0n) is 15.3. The van der Waals surface area contributed by atoms with Gasteiger partial charge in [0.1, 0.15) is 0 Å². The molecular weight excluding hydrogens is 348 g/mol. The van der Waals surface area contributed by atoms with Gasteiger partial charge in [-0.1, -0.05) is 60.7 Å². The summed E-state index contributed by atoms with van der Waals surface area (Å²) in [6, 6.07) is 24.2. The average Bonchev–Trinajstić information content (AvgIpc) is 3.24. The van der Waals surface area contributed by atoms with Crippen molar-refractivity contribution in [3.05, 3.63) is 106 Å². The molecule has 3 atom stereocenters. The Hall–Kier alpha value is -3.40. The summed E-state index contributed by atoms with van der Waals surface area (Å²) in [4.78, 5) is 10.6. The van der Waals surface area contributed by atoms with Crippen LogP contribution in [0.5, 0.6) is 0 Å². The van der Waals surface area contributed by atoms with Gasteiger partial charge in [-0.2, -0.15) is 0 Å². The standard InChI is InChI=1S/C24H20N2O2/c27-26(28)19-12-9-17(10-13-19)24-21-8-4-7-20(21)22-15-18(11-14-23(22)25-24)16-5-2-1-3-6-16/h1-7,9-15,20-21,24-25H,8H2/t20?,21?,24-/m1/s1. The van der Waals surface area contributed by atoms with Crippen LogP contribution >= 0.6 is 0 Å². The molecule has 0 spiro atoms. The molecule has 3 aromatic rings. The molecule has 28 heavy (non-hydrogen) atoms. The number of nitro benzene ring substituents is 1. The molecule has 0 saturated carbocycles. The van der Waals surface area contributed by atoms with Crippen molar-refractivity contribution in [1.82, 2.24) is 0 Å². The van der Waals surface area contributed by atoms with Crippen LogP contribution in [-0.4, -0.2) is 4.92 Å². The van der Waals surface area contributed by atoms with Crippen molar-refractivity contribution in [3.8, 4) is 11.1 Å². The van der Waals surface area contributed by atoms with Crippen LogP contribution in [0.1, 0.15) is 29.5 Å². The Bertz CT molecular complexity index is 1060. The van der Waals surface area contributed by atoms with E-state index >= 15 is 0 Å². The van der Waals surface area contributed by atoms with E-state index in [0.29, 0.717) is 11.8 Å². The van der Waals surface area contributed by atoms with Gasteiger partial charge in [0, 0.05) is 23.7 Å². The Labute approximate surface area is 163 Å². The molecule has 5 rings (SSSR count). The van der Waals surface area contributed by atoms with E-state index < -0.39 is 0 Å². The van der Waals surface area contributed by atoms with Crippen molar-refractivity contribution in [2.45, 2.75) is 18.4 Å². The highest BCUT2D eigenvalue weighted by Crippen LogP contribution is 2.50. The lowest BCUT2D eigenvalue weighted by atomic mass is 9.76. The molecule has 2 unspecified atom stereocenters. The zero-order valence-corrected chi connectivity index (χ0v) is 15.3. The second-order valence-electron chi connectivity index (χ2n) is 7.49. The van der Waals surface area contributed by atoms with Crippen LogP contribution in [0.25, 0.3) is 11.1 Å². The first kappa shape index (κ1) is 16.8. The van der Waals surface area contributed by atoms with Crippen LogP contribution in [-0.2, 0) is 0 Å². The Morgan fingerprint density at radius 1 is 0.929 bits per heavy atom. The molecule has 3 aromatic carbocycles. The molecular formula is C24H20N2O2. The quantitative estimate of drug-likeness (QED) is 0.346. The Morgan fingerprint density at radius 3 is 2.46 bits per heavy atom. The van der Waals surface area contributed by atoms with Crippen LogP contribution in [0, 0.1) is 16.0 Å². The van der Waals surface area contributed by atoms with Crippen molar-refractivity contribution in [3.63, 3.8) is 0 Å². The highest BCUT2D eigenvalue weighted by atomic mass is 16.6. The number of non-ortho nitro benzene ring substituents is 1. The number of hydrogen-bond donors (Lipinski definition) is 1. The van der Waals surface area contributed by atoms with Gasteiger partial charge in [0.15, 0.2) is 0 Å². The summed E-state index contributed by atoms with van der Waals surface area (Å²) in [6.07, 6.45) is 5.59. The van der Waals surface area contributed by atoms with Gasteiger partial charge in [0.25, 0.3) is 5.69 Å². The average molecular weight is 368 g/mol. The molecule has 4 heteroatoms. The summed E-state index contributed by atoms with van der Waals surface area (Å²) in [5.41, 5.74) is 6.17. The number of nitro groups is 1. The molecule has 1 heterocycles. The monoisotopic (exact) mass is 368 g/mol. The minimum Gasteiger partial charge on any atom is -0.378 e. The molecule has 0 fully saturated rings. The molecule has 0 radical (unpaired) electrons. The molecule has 0 bridgehead atoms. The minimum absolute atomic E-state index is 0.133. The largest absolute Gasteiger partial charge is 0.378 e. The van der Waals surface area contributed by atoms with Crippen LogP contribution in [0.3, 0.4) is 0 Å². The Balaban J connectivity index is 1.52. The Kier molecular flexibility index (Phi) is 3.97. The number of anilines is 1. The van der Waals surface area contributed by atoms with Crippen molar-refractivity contribution >= 4 is 11.4 Å². The van der Waals surface area contributed by atoms with Crippen molar-refractivity contribution in [2.75, 3.05) is 5.32 Å². The lowest BCUT2D eigenvalue weighted by molar-refractivity contribution is -0.384. The van der Waals surface area contributed by atoms with Crippen molar-refractivity contribution < 1.29 is 4.92 Å². The number of allylic oxidation sites excluding steroid dienone is 2. The minimum atomic E-state index is -0.349. The topological polar surface area (TPSA) is 55.2 Å². The lowest BCUT2D eigenvalue weighted by Crippen LogP contribution is -2.29. The van der Waals surface area contributed by atoms with Crippen LogP contribution in [0.2, 0.25) is 0 Å². The molecule has 138 valence electrons. The third kappa shape index (κ3) is 2.78. The van der Waals surface area contributed by atoms with Gasteiger partial charge in [-0.3, -0.25) is 10.1 Å². The van der Waals surface area contributed by atoms with E-state index in [1.807, 2.05) is 18.2 Å². The maximum atomic E-state index is 11.0. The van der Waals surface area contributed by atoms with Crippen LogP contribution in [0.15, 0.2) is 84.9 Å². The third-order valence-corrected chi connectivity index (χ3v) is 5.93. The summed E-state index contributed by atoms with van der Waals surface area (Å²) < 4.78 is 0. The lowest BCUT2D eigenvalue weighted by Gasteiger charge is -2.37. The first-order valence-electron chi connectivity index (χ1n) is 9.57. The number of nitrogens with zero attached hydrogens (tertiary/aromatic N) is 1. The van der Waals surface area contributed by atoms with Gasteiger partial charge >= 0.3 is 0 Å². The normalized spacial score (nSPS) is 22.2. The predicted molar refractivity (Wildman–Crippen MR) is 111 cm³/mol. The first-order valence-corrected chi connectivity index (χ1v) is 9.57. The maximum Gasteiger partial charge on any atom is 0.269 e. The smallest absolute Gasteiger partial charge is 0.269 e. The summed E-state index contributed by atoms with van der Waals surface area (Å²) in [5.74, 6) is 0.778. The van der Waals surface area contributed by atoms with Gasteiger partial charge < -0.3 is 5.32 Å². The van der Waals surface area contributed by atoms with Gasteiger partial charge in [0.05, 0.1) is 11.0 Å². The second-order valence-corrected chi connectivity index (χ2v) is 7.49. The summed E-state index contributed by atoms with van der Waals surface area (Å²) in [5, 5.41) is 14.7. The fraction of sp³-hybridized carbons (Fsp3) is 0.167. The molecule has 1 aliphatic carbocycles. The number of benzene rings is 3. The number of hydrogen-bond acceptors (Lipinski definition) is 3. The van der Waals surface area contributed by atoms with Gasteiger partial charge in [-0.15, -0.1) is 0 Å². The van der Waals surface area contributed by atoms with Gasteiger partial charge in [0.2, 0.25) is 0 Å². The molecule has 1 N–H and O–H groups in total. The zero-order chi connectivity index (χ0) is 19.1. The number of rotatable bonds is 3. The predicted octanol–water partition coefficient (Wildman–Crippen LogP) is 6.09. The fourth-order valence-electron chi connectivity index (χ4n) is 4.54. The van der Waals surface area contributed by atoms with Crippen molar-refractivity contribution in [2.24, 2.45) is 5.92 Å². The Morgan fingerprint density at radius 2 is 1.71 bits per heavy atom. The highest BCUT2D eigenvalue weighted by molar-refractivity contribution is 5.71. The number of nitrogens with one attached hydrogen (secondary N) is 1. The van der Waals surface area contributed by atoms with E-state index in [9.17, 15) is 10.1 Å². The second kappa shape index (κ2) is 6.64. The highest BCUT2D eigenvalue weighted by Gasteiger charge is 2.38. The van der Waals surface area contributed by atoms with E-state index in [2.05, 4.69) is 59.9 Å². The van der Waals surface area contributed by atoms with Crippen LogP contribution < -0.4 is 5.32 Å². The first-order chi connectivity index (χ1) is 13.7. The van der Waals surface area contributed by atoms with E-state index in [4.69, 9.17) is 0 Å².